The molecule has 0 saturated heterocycles. The molecular weight excluding hydrogens is 312 g/mol. The number of allylic oxidation sites excluding steroid dienone is 2. The number of benzene rings is 2. The monoisotopic (exact) mass is 332 g/mol. The second-order valence-corrected chi connectivity index (χ2v) is 7.78. The van der Waals surface area contributed by atoms with E-state index in [1.165, 1.54) is 37.0 Å². The van der Waals surface area contributed by atoms with Crippen molar-refractivity contribution in [2.75, 3.05) is 0 Å². The Morgan fingerprint density at radius 2 is 1.92 bits per heavy atom. The number of fused-ring (bicyclic) bond motifs is 3. The smallest absolute Gasteiger partial charge is 0.0744 e. The maximum Gasteiger partial charge on any atom is 0.0744 e. The molecule has 1 aliphatic carbocycles. The van der Waals surface area contributed by atoms with Gasteiger partial charge in [-0.25, -0.2) is 0 Å². The van der Waals surface area contributed by atoms with Crippen LogP contribution in [-0.4, -0.2) is 6.17 Å². The van der Waals surface area contributed by atoms with Crippen molar-refractivity contribution < 1.29 is 0 Å². The third-order valence-electron chi connectivity index (χ3n) is 5.06. The predicted octanol–water partition coefficient (Wildman–Crippen LogP) is 5.24. The summed E-state index contributed by atoms with van der Waals surface area (Å²) in [5.74, 6) is 0. The van der Waals surface area contributed by atoms with Crippen LogP contribution in [0.4, 0.5) is 0 Å². The third-order valence-corrected chi connectivity index (χ3v) is 6.21. The standard InChI is InChI=1S/C21H20N2S/c1-13-22-18-8-4-2-7-16(18)21(23-13)14-10-11-20-17(12-14)15-6-3-5-9-19(15)24-20/h2-3,5-7,9-13,21-23H,4,8H2,1H3. The average Bonchev–Trinajstić information content (AvgIpc) is 2.99. The molecule has 2 aliphatic rings. The molecule has 2 unspecified atom stereocenters. The quantitative estimate of drug-likeness (QED) is 0.637. The van der Waals surface area contributed by atoms with Crippen LogP contribution in [0.1, 0.15) is 31.4 Å². The highest BCUT2D eigenvalue weighted by Gasteiger charge is 2.27. The fraction of sp³-hybridized carbons (Fsp3) is 0.238. The molecule has 120 valence electrons. The molecule has 3 aromatic rings. The van der Waals surface area contributed by atoms with Gasteiger partial charge in [0.15, 0.2) is 0 Å². The van der Waals surface area contributed by atoms with Gasteiger partial charge in [-0.2, -0.15) is 0 Å². The first-order valence-electron chi connectivity index (χ1n) is 8.63. The summed E-state index contributed by atoms with van der Waals surface area (Å²) in [6, 6.07) is 16.0. The fourth-order valence-corrected chi connectivity index (χ4v) is 5.04. The number of rotatable bonds is 1. The van der Waals surface area contributed by atoms with Crippen LogP contribution >= 0.6 is 11.3 Å². The van der Waals surface area contributed by atoms with Crippen molar-refractivity contribution in [1.29, 1.82) is 0 Å². The summed E-state index contributed by atoms with van der Waals surface area (Å²) in [5.41, 5.74) is 4.17. The van der Waals surface area contributed by atoms with Gasteiger partial charge in [0.1, 0.15) is 0 Å². The highest BCUT2D eigenvalue weighted by atomic mass is 32.1. The minimum Gasteiger partial charge on any atom is -0.373 e. The second-order valence-electron chi connectivity index (χ2n) is 6.69. The molecule has 0 amide bonds. The van der Waals surface area contributed by atoms with Crippen LogP contribution in [0, 0.1) is 0 Å². The lowest BCUT2D eigenvalue weighted by atomic mass is 9.89. The van der Waals surface area contributed by atoms with E-state index in [4.69, 9.17) is 0 Å². The van der Waals surface area contributed by atoms with Gasteiger partial charge in [-0.3, -0.25) is 5.32 Å². The van der Waals surface area contributed by atoms with Gasteiger partial charge in [0.05, 0.1) is 12.2 Å². The summed E-state index contributed by atoms with van der Waals surface area (Å²) in [5, 5.41) is 10.1. The van der Waals surface area contributed by atoms with Crippen LogP contribution < -0.4 is 10.6 Å². The molecule has 0 bridgehead atoms. The molecule has 1 aliphatic heterocycles. The Morgan fingerprint density at radius 1 is 1.04 bits per heavy atom. The Bertz CT molecular complexity index is 995. The van der Waals surface area contributed by atoms with Crippen molar-refractivity contribution >= 4 is 31.5 Å². The van der Waals surface area contributed by atoms with Gasteiger partial charge in [0.2, 0.25) is 0 Å². The lowest BCUT2D eigenvalue weighted by molar-refractivity contribution is 0.409. The van der Waals surface area contributed by atoms with Crippen LogP contribution in [0.3, 0.4) is 0 Å². The van der Waals surface area contributed by atoms with Crippen LogP contribution in [0.2, 0.25) is 0 Å². The molecule has 24 heavy (non-hydrogen) atoms. The van der Waals surface area contributed by atoms with Crippen LogP contribution in [0.15, 0.2) is 65.9 Å². The molecule has 2 atom stereocenters. The Morgan fingerprint density at radius 3 is 2.88 bits per heavy atom. The topological polar surface area (TPSA) is 24.1 Å². The normalized spacial score (nSPS) is 23.5. The van der Waals surface area contributed by atoms with Gasteiger partial charge < -0.3 is 5.32 Å². The van der Waals surface area contributed by atoms with Gasteiger partial charge in [-0.05, 0) is 49.1 Å². The summed E-state index contributed by atoms with van der Waals surface area (Å²) in [6.07, 6.45) is 7.15. The first kappa shape index (κ1) is 14.3. The number of hydrogen-bond acceptors (Lipinski definition) is 3. The molecule has 1 aromatic heterocycles. The zero-order chi connectivity index (χ0) is 16.1. The van der Waals surface area contributed by atoms with E-state index >= 15 is 0 Å². The minimum absolute atomic E-state index is 0.274. The second kappa shape index (κ2) is 5.47. The van der Waals surface area contributed by atoms with E-state index < -0.39 is 0 Å². The van der Waals surface area contributed by atoms with Gasteiger partial charge in [-0.15, -0.1) is 11.3 Å². The molecule has 2 aromatic carbocycles. The van der Waals surface area contributed by atoms with Gasteiger partial charge >= 0.3 is 0 Å². The largest absolute Gasteiger partial charge is 0.373 e. The molecule has 0 fully saturated rings. The summed E-state index contributed by atoms with van der Waals surface area (Å²) >= 11 is 1.88. The van der Waals surface area contributed by atoms with Gasteiger partial charge in [0, 0.05) is 25.9 Å². The van der Waals surface area contributed by atoms with Crippen LogP contribution in [-0.2, 0) is 0 Å². The summed E-state index contributed by atoms with van der Waals surface area (Å²) in [7, 11) is 0. The molecule has 3 heteroatoms. The molecule has 2 N–H and O–H groups in total. The molecule has 2 nitrogen and oxygen atoms in total. The van der Waals surface area contributed by atoms with Crippen molar-refractivity contribution in [2.24, 2.45) is 0 Å². The van der Waals surface area contributed by atoms with E-state index in [1.54, 1.807) is 0 Å². The highest BCUT2D eigenvalue weighted by molar-refractivity contribution is 7.25. The van der Waals surface area contributed by atoms with E-state index in [1.807, 2.05) is 11.3 Å². The summed E-state index contributed by atoms with van der Waals surface area (Å²) < 4.78 is 2.74. The van der Waals surface area contributed by atoms with Crippen LogP contribution in [0.25, 0.3) is 20.2 Å². The Balaban J connectivity index is 1.68. The van der Waals surface area contributed by atoms with Crippen molar-refractivity contribution in [3.63, 3.8) is 0 Å². The molecule has 0 saturated carbocycles. The van der Waals surface area contributed by atoms with E-state index in [2.05, 4.69) is 72.2 Å². The molecule has 2 heterocycles. The SMILES string of the molecule is CC1NC2=C(C=CCC2)C(c2ccc3sc4ccccc4c3c2)N1. The molecule has 5 rings (SSSR count). The molecule has 0 radical (unpaired) electrons. The zero-order valence-electron chi connectivity index (χ0n) is 13.7. The van der Waals surface area contributed by atoms with Crippen molar-refractivity contribution in [2.45, 2.75) is 32.0 Å². The Labute approximate surface area is 145 Å². The highest BCUT2D eigenvalue weighted by Crippen LogP contribution is 2.38. The Kier molecular flexibility index (Phi) is 3.25. The van der Waals surface area contributed by atoms with Gasteiger partial charge in [-0.1, -0.05) is 36.4 Å². The van der Waals surface area contributed by atoms with E-state index in [0.717, 1.165) is 12.8 Å². The maximum atomic E-state index is 3.72. The van der Waals surface area contributed by atoms with Crippen molar-refractivity contribution in [3.05, 3.63) is 71.5 Å². The third kappa shape index (κ3) is 2.20. The lowest BCUT2D eigenvalue weighted by Gasteiger charge is -2.36. The average molecular weight is 332 g/mol. The summed E-state index contributed by atoms with van der Waals surface area (Å²) in [6.45, 7) is 2.20. The molecular formula is C21H20N2S. The zero-order valence-corrected chi connectivity index (χ0v) is 14.5. The van der Waals surface area contributed by atoms with E-state index in [9.17, 15) is 0 Å². The van der Waals surface area contributed by atoms with E-state index in [-0.39, 0.29) is 6.04 Å². The maximum absolute atomic E-state index is 3.72. The minimum atomic E-state index is 0.274. The lowest BCUT2D eigenvalue weighted by Crippen LogP contribution is -2.47. The Hall–Kier alpha value is -2.10. The number of nitrogens with one attached hydrogen (secondary N) is 2. The first-order valence-corrected chi connectivity index (χ1v) is 9.44. The van der Waals surface area contributed by atoms with Crippen molar-refractivity contribution in [3.8, 4) is 0 Å². The van der Waals surface area contributed by atoms with Crippen LogP contribution in [0.5, 0.6) is 0 Å². The first-order chi connectivity index (χ1) is 11.8. The van der Waals surface area contributed by atoms with Gasteiger partial charge in [0.25, 0.3) is 0 Å². The fourth-order valence-electron chi connectivity index (χ4n) is 3.95. The number of hydrogen-bond donors (Lipinski definition) is 2. The summed E-state index contributed by atoms with van der Waals surface area (Å²) in [4.78, 5) is 0. The van der Waals surface area contributed by atoms with E-state index in [0.29, 0.717) is 6.17 Å². The van der Waals surface area contributed by atoms with Crippen molar-refractivity contribution in [1.82, 2.24) is 10.6 Å². The number of thiophene rings is 1. The predicted molar refractivity (Wildman–Crippen MR) is 103 cm³/mol. The molecule has 0 spiro atoms.